The molecule has 0 aromatic carbocycles. The summed E-state index contributed by atoms with van der Waals surface area (Å²) in [6.07, 6.45) is 0. The Kier molecular flexibility index (Phi) is 18.8. The first-order valence-electron chi connectivity index (χ1n) is 1.10. The molecule has 1 radical (unpaired) electrons. The maximum absolute atomic E-state index is 9.24. The van der Waals surface area contributed by atoms with Crippen LogP contribution in [-0.2, 0) is 29.9 Å². The molecule has 5 nitrogen and oxygen atoms in total. The van der Waals surface area contributed by atoms with E-state index in [1.807, 2.05) is 0 Å². The predicted molar refractivity (Wildman–Crippen MR) is 16.3 cm³/mol. The van der Waals surface area contributed by atoms with Crippen molar-refractivity contribution in [3.8, 4) is 0 Å². The standard InChI is InChI=1S/Gd.Ni.O5P2/c;;1-6(2)5-7(3)4/q+3;+2;. The molecule has 53 valence electrons. The smallest absolute Gasteiger partial charge is 0.563 e. The molecule has 0 aromatic rings. The summed E-state index contributed by atoms with van der Waals surface area (Å²) in [5, 5.41) is 0. The zero-order chi connectivity index (χ0) is 5.86. The summed E-state index contributed by atoms with van der Waals surface area (Å²) in [5.74, 6) is 0. The van der Waals surface area contributed by atoms with Crippen LogP contribution in [0.15, 0.2) is 0 Å². The Morgan fingerprint density at radius 3 is 1.33 bits per heavy atom. The SMILES string of the molecule is O=[P+]([O-])O[P+](=O)[O-].[Gd+3].[Ni+2]. The van der Waals surface area contributed by atoms with Crippen molar-refractivity contribution >= 4 is 16.5 Å². The molecule has 0 fully saturated rings. The summed E-state index contributed by atoms with van der Waals surface area (Å²) >= 11 is 0. The van der Waals surface area contributed by atoms with Gasteiger partial charge in [-0.2, -0.15) is 0 Å². The molecular weight excluding hydrogens is 358 g/mol. The van der Waals surface area contributed by atoms with Gasteiger partial charge >= 0.3 is 72.9 Å². The quantitative estimate of drug-likeness (QED) is 0.469. The Bertz CT molecular complexity index is 91.1. The average Bonchev–Trinajstić information content (AvgIpc) is 1.27. The van der Waals surface area contributed by atoms with Crippen molar-refractivity contribution in [3.63, 3.8) is 0 Å². The van der Waals surface area contributed by atoms with E-state index >= 15 is 0 Å². The van der Waals surface area contributed by atoms with Crippen molar-refractivity contribution < 1.29 is 79.7 Å². The summed E-state index contributed by atoms with van der Waals surface area (Å²) in [7, 11) is -6.47. The fourth-order valence-electron chi connectivity index (χ4n) is 0.0544. The van der Waals surface area contributed by atoms with E-state index in [0.29, 0.717) is 0 Å². The van der Waals surface area contributed by atoms with E-state index in [2.05, 4.69) is 4.31 Å². The van der Waals surface area contributed by atoms with E-state index in [0.717, 1.165) is 0 Å². The Balaban J connectivity index is -0.000000180. The van der Waals surface area contributed by atoms with Crippen molar-refractivity contribution in [1.82, 2.24) is 0 Å². The summed E-state index contributed by atoms with van der Waals surface area (Å²) < 4.78 is 21.6. The molecule has 0 amide bonds. The van der Waals surface area contributed by atoms with Crippen LogP contribution in [0.1, 0.15) is 0 Å². The summed E-state index contributed by atoms with van der Waals surface area (Å²) in [5.41, 5.74) is 0. The van der Waals surface area contributed by atoms with E-state index < -0.39 is 16.5 Å². The van der Waals surface area contributed by atoms with Crippen LogP contribution in [0.4, 0.5) is 0 Å². The minimum absolute atomic E-state index is 0. The van der Waals surface area contributed by atoms with Crippen molar-refractivity contribution in [2.24, 2.45) is 0 Å². The molecule has 0 aliphatic heterocycles. The summed E-state index contributed by atoms with van der Waals surface area (Å²) in [6, 6.07) is 0. The molecule has 0 rings (SSSR count). The minimum Gasteiger partial charge on any atom is -0.563 e. The minimum atomic E-state index is -3.24. The molecule has 0 aromatic heterocycles. The third kappa shape index (κ3) is 17.7. The van der Waals surface area contributed by atoms with Gasteiger partial charge in [-0.25, -0.2) is 0 Å². The summed E-state index contributed by atoms with van der Waals surface area (Å²) in [6.45, 7) is 0. The maximum atomic E-state index is 9.24. The van der Waals surface area contributed by atoms with Crippen molar-refractivity contribution in [1.29, 1.82) is 0 Å². The second-order valence-corrected chi connectivity index (χ2v) is 2.08. The van der Waals surface area contributed by atoms with Gasteiger partial charge in [-0.3, -0.25) is 0 Å². The fourth-order valence-corrected chi connectivity index (χ4v) is 0.490. The Morgan fingerprint density at radius 1 is 1.11 bits per heavy atom. The first kappa shape index (κ1) is 17.1. The largest absolute Gasteiger partial charge is 3.00 e. The molecule has 2 unspecified atom stereocenters. The van der Waals surface area contributed by atoms with E-state index in [-0.39, 0.29) is 56.4 Å². The van der Waals surface area contributed by atoms with Gasteiger partial charge in [0.15, 0.2) is 0 Å². The second-order valence-electron chi connectivity index (χ2n) is 0.529. The monoisotopic (exact) mass is 358 g/mol. The molecule has 0 bridgehead atoms. The van der Waals surface area contributed by atoms with Gasteiger partial charge in [0.2, 0.25) is 0 Å². The van der Waals surface area contributed by atoms with E-state index in [9.17, 15) is 18.9 Å². The molecule has 0 aliphatic rings. The predicted octanol–water partition coefficient (Wildman–Crippen LogP) is -0.964. The zero-order valence-corrected chi connectivity index (χ0v) is 8.65. The van der Waals surface area contributed by atoms with Crippen LogP contribution in [0.25, 0.3) is 0 Å². The Labute approximate surface area is 95.1 Å². The molecular formula is GdNiO5P2+5. The van der Waals surface area contributed by atoms with Crippen LogP contribution in [0.2, 0.25) is 0 Å². The molecule has 0 saturated carbocycles. The van der Waals surface area contributed by atoms with E-state index in [1.165, 1.54) is 0 Å². The van der Waals surface area contributed by atoms with E-state index in [4.69, 9.17) is 0 Å². The molecule has 0 N–H and O–H groups in total. The van der Waals surface area contributed by atoms with Crippen LogP contribution in [0.5, 0.6) is 0 Å². The van der Waals surface area contributed by atoms with E-state index in [1.54, 1.807) is 0 Å². The van der Waals surface area contributed by atoms with Crippen LogP contribution < -0.4 is 9.79 Å². The van der Waals surface area contributed by atoms with Crippen LogP contribution >= 0.6 is 16.5 Å². The van der Waals surface area contributed by atoms with Crippen molar-refractivity contribution in [2.45, 2.75) is 0 Å². The van der Waals surface area contributed by atoms with Crippen LogP contribution in [-0.4, -0.2) is 0 Å². The van der Waals surface area contributed by atoms with Gasteiger partial charge in [0, 0.05) is 0 Å². The van der Waals surface area contributed by atoms with Gasteiger partial charge in [-0.15, -0.1) is 0 Å². The van der Waals surface area contributed by atoms with Gasteiger partial charge < -0.3 is 9.79 Å². The van der Waals surface area contributed by atoms with Crippen molar-refractivity contribution in [3.05, 3.63) is 0 Å². The molecule has 0 saturated heterocycles. The van der Waals surface area contributed by atoms with Gasteiger partial charge in [-0.1, -0.05) is 0 Å². The molecule has 9 heavy (non-hydrogen) atoms. The van der Waals surface area contributed by atoms with Gasteiger partial charge in [0.1, 0.15) is 4.31 Å². The third-order valence-electron chi connectivity index (χ3n) is 0.133. The normalized spacial score (nSPS) is 10.4. The third-order valence-corrected chi connectivity index (χ3v) is 1.20. The topological polar surface area (TPSA) is 89.5 Å². The summed E-state index contributed by atoms with van der Waals surface area (Å²) in [4.78, 5) is 18.5. The maximum Gasteiger partial charge on any atom is 3.00 e. The first-order valence-corrected chi connectivity index (χ1v) is 3.29. The fraction of sp³-hybridized carbons (Fsp3) is 0. The number of hydrogen-bond donors (Lipinski definition) is 0. The van der Waals surface area contributed by atoms with Gasteiger partial charge in [0.05, 0.1) is 0 Å². The van der Waals surface area contributed by atoms with Gasteiger partial charge in [-0.05, 0) is 9.13 Å². The Morgan fingerprint density at radius 2 is 1.33 bits per heavy atom. The zero-order valence-electron chi connectivity index (χ0n) is 3.61. The molecule has 2 atom stereocenters. The molecule has 0 aliphatic carbocycles. The molecule has 9 heteroatoms. The van der Waals surface area contributed by atoms with Crippen molar-refractivity contribution in [2.75, 3.05) is 0 Å². The first-order chi connectivity index (χ1) is 3.13. The number of hydrogen-bond acceptors (Lipinski definition) is 5. The second kappa shape index (κ2) is 9.90. The van der Waals surface area contributed by atoms with Crippen LogP contribution in [0, 0.1) is 39.9 Å². The van der Waals surface area contributed by atoms with Gasteiger partial charge in [0.25, 0.3) is 0 Å². The molecule has 0 spiro atoms. The average molecular weight is 358 g/mol. The Hall–Kier alpha value is 1.90. The molecule has 0 heterocycles. The van der Waals surface area contributed by atoms with Crippen LogP contribution in [0.3, 0.4) is 0 Å². The number of rotatable bonds is 2.